The van der Waals surface area contributed by atoms with Gasteiger partial charge in [0.1, 0.15) is 6.04 Å². The summed E-state index contributed by atoms with van der Waals surface area (Å²) in [4.78, 5) is 46.2. The van der Waals surface area contributed by atoms with E-state index >= 15 is 0 Å². The van der Waals surface area contributed by atoms with E-state index in [0.29, 0.717) is 42.9 Å². The Morgan fingerprint density at radius 2 is 1.46 bits per heavy atom. The number of amides is 3. The minimum Gasteiger partial charge on any atom is -0.373 e. The number of carbonyl (C=O) groups is 3. The maximum Gasteiger partial charge on any atom is 0.321 e. The van der Waals surface area contributed by atoms with Crippen LogP contribution in [0.15, 0.2) is 103 Å². The quantitative estimate of drug-likeness (QED) is 0.101. The molecule has 8 heteroatoms. The van der Waals surface area contributed by atoms with Gasteiger partial charge in [0.05, 0.1) is 0 Å². The second-order valence-electron chi connectivity index (χ2n) is 13.2. The lowest BCUT2D eigenvalue weighted by atomic mass is 9.98. The minimum absolute atomic E-state index is 0.0270. The highest BCUT2D eigenvalue weighted by molar-refractivity contribution is 6.12. The average Bonchev–Trinajstić information content (AvgIpc) is 3.16. The number of anilines is 2. The van der Waals surface area contributed by atoms with Crippen LogP contribution in [-0.4, -0.2) is 80.4 Å². The van der Waals surface area contributed by atoms with Crippen LogP contribution < -0.4 is 15.5 Å². The average molecular weight is 674 g/mol. The molecule has 2 N–H and O–H groups in total. The van der Waals surface area contributed by atoms with Crippen molar-refractivity contribution in [2.75, 3.05) is 57.0 Å². The van der Waals surface area contributed by atoms with Crippen molar-refractivity contribution in [1.29, 1.82) is 0 Å². The normalized spacial score (nSPS) is 13.8. The lowest BCUT2D eigenvalue weighted by Crippen LogP contribution is -2.52. The standard InChI is InChI=1S/C42H51N5O3/c1-4-5-6-7-13-25-43-42(50)46(3)36-18-14-17-35(31-36)33-23-21-32(22-24-33)30-39(41(49)47-28-26-45(2)27-29-47)44-38-20-12-11-19-37(38)40(48)34-15-9-8-10-16-34/h8-12,14-24,31,39,44H,4-7,13,25-30H2,1-3H3,(H,43,50)/t39-/m0/s1. The van der Waals surface area contributed by atoms with Gasteiger partial charge in [0.25, 0.3) is 0 Å². The van der Waals surface area contributed by atoms with E-state index in [1.54, 1.807) is 11.9 Å². The zero-order chi connectivity index (χ0) is 35.3. The Kier molecular flexibility index (Phi) is 13.2. The van der Waals surface area contributed by atoms with Crippen LogP contribution in [0.5, 0.6) is 0 Å². The summed E-state index contributed by atoms with van der Waals surface area (Å²) in [6.45, 7) is 5.86. The Labute approximate surface area is 297 Å². The first-order chi connectivity index (χ1) is 24.3. The van der Waals surface area contributed by atoms with Gasteiger partial charge in [-0.1, -0.05) is 111 Å². The molecule has 262 valence electrons. The number of piperazine rings is 1. The molecule has 1 aliphatic rings. The van der Waals surface area contributed by atoms with E-state index in [0.717, 1.165) is 48.3 Å². The number of unbranched alkanes of at least 4 members (excludes halogenated alkanes) is 4. The van der Waals surface area contributed by atoms with Gasteiger partial charge in [-0.15, -0.1) is 0 Å². The molecule has 0 aromatic heterocycles. The van der Waals surface area contributed by atoms with Crippen LogP contribution in [0.3, 0.4) is 0 Å². The van der Waals surface area contributed by atoms with Gasteiger partial charge < -0.3 is 20.4 Å². The van der Waals surface area contributed by atoms with Crippen molar-refractivity contribution >= 4 is 29.1 Å². The molecule has 1 fully saturated rings. The van der Waals surface area contributed by atoms with Crippen molar-refractivity contribution in [3.8, 4) is 11.1 Å². The van der Waals surface area contributed by atoms with E-state index in [2.05, 4.69) is 53.8 Å². The van der Waals surface area contributed by atoms with E-state index in [1.165, 1.54) is 19.3 Å². The molecule has 3 amide bonds. The number of hydrogen-bond acceptors (Lipinski definition) is 5. The monoisotopic (exact) mass is 673 g/mol. The highest BCUT2D eigenvalue weighted by Gasteiger charge is 2.28. The van der Waals surface area contributed by atoms with Crippen molar-refractivity contribution < 1.29 is 14.4 Å². The van der Waals surface area contributed by atoms with Crippen LogP contribution in [0.1, 0.15) is 60.5 Å². The fraction of sp³-hybridized carbons (Fsp3) is 0.357. The van der Waals surface area contributed by atoms with Gasteiger partial charge in [-0.2, -0.15) is 0 Å². The summed E-state index contributed by atoms with van der Waals surface area (Å²) in [6, 6.07) is 32.2. The molecule has 5 rings (SSSR count). The number of para-hydroxylation sites is 1. The van der Waals surface area contributed by atoms with Crippen LogP contribution in [0.4, 0.5) is 16.2 Å². The van der Waals surface area contributed by atoms with E-state index < -0.39 is 6.04 Å². The van der Waals surface area contributed by atoms with E-state index in [-0.39, 0.29) is 17.7 Å². The van der Waals surface area contributed by atoms with Gasteiger partial charge in [-0.3, -0.25) is 14.5 Å². The number of carbonyl (C=O) groups excluding carboxylic acids is 3. The molecular weight excluding hydrogens is 622 g/mol. The Bertz CT molecular complexity index is 1700. The second-order valence-corrected chi connectivity index (χ2v) is 13.2. The molecule has 0 radical (unpaired) electrons. The molecule has 4 aromatic carbocycles. The van der Waals surface area contributed by atoms with Crippen molar-refractivity contribution in [2.45, 2.75) is 51.5 Å². The lowest BCUT2D eigenvalue weighted by Gasteiger charge is -2.35. The number of ketones is 1. The highest BCUT2D eigenvalue weighted by atomic mass is 16.2. The minimum atomic E-state index is -0.559. The molecule has 1 saturated heterocycles. The SMILES string of the molecule is CCCCCCCNC(=O)N(C)c1cccc(-c2ccc(C[C@H](Nc3ccccc3C(=O)c3ccccc3)C(=O)N3CCN(C)CC3)cc2)c1. The van der Waals surface area contributed by atoms with Crippen LogP contribution in [0.2, 0.25) is 0 Å². The van der Waals surface area contributed by atoms with Gasteiger partial charge >= 0.3 is 6.03 Å². The predicted molar refractivity (Wildman–Crippen MR) is 204 cm³/mol. The predicted octanol–water partition coefficient (Wildman–Crippen LogP) is 7.50. The maximum atomic E-state index is 14.1. The third-order valence-electron chi connectivity index (χ3n) is 9.47. The lowest BCUT2D eigenvalue weighted by molar-refractivity contribution is -0.133. The zero-order valence-electron chi connectivity index (χ0n) is 29.7. The van der Waals surface area contributed by atoms with Crippen molar-refractivity contribution in [3.63, 3.8) is 0 Å². The molecular formula is C42H51N5O3. The summed E-state index contributed by atoms with van der Waals surface area (Å²) < 4.78 is 0. The molecule has 0 unspecified atom stereocenters. The van der Waals surface area contributed by atoms with Crippen molar-refractivity contribution in [1.82, 2.24) is 15.1 Å². The molecule has 1 aliphatic heterocycles. The van der Waals surface area contributed by atoms with Crippen LogP contribution in [-0.2, 0) is 11.2 Å². The van der Waals surface area contributed by atoms with Gasteiger partial charge in [0.15, 0.2) is 5.78 Å². The Morgan fingerprint density at radius 1 is 0.760 bits per heavy atom. The third-order valence-corrected chi connectivity index (χ3v) is 9.47. The van der Waals surface area contributed by atoms with Gasteiger partial charge in [-0.25, -0.2) is 4.79 Å². The second kappa shape index (κ2) is 18.2. The maximum absolute atomic E-state index is 14.1. The molecule has 0 spiro atoms. The summed E-state index contributed by atoms with van der Waals surface area (Å²) in [5, 5.41) is 6.53. The molecule has 0 bridgehead atoms. The molecule has 8 nitrogen and oxygen atoms in total. The molecule has 0 aliphatic carbocycles. The van der Waals surface area contributed by atoms with Gasteiger partial charge in [-0.05, 0) is 54.4 Å². The summed E-state index contributed by atoms with van der Waals surface area (Å²) in [6.07, 6.45) is 6.22. The largest absolute Gasteiger partial charge is 0.373 e. The summed E-state index contributed by atoms with van der Waals surface area (Å²) >= 11 is 0. The summed E-state index contributed by atoms with van der Waals surface area (Å²) in [5.74, 6) is -0.0595. The van der Waals surface area contributed by atoms with Gasteiger partial charge in [0, 0.05) is 68.7 Å². The Morgan fingerprint density at radius 3 is 2.20 bits per heavy atom. The molecule has 4 aromatic rings. The fourth-order valence-corrected chi connectivity index (χ4v) is 6.31. The summed E-state index contributed by atoms with van der Waals surface area (Å²) in [5.41, 5.74) is 5.64. The molecule has 1 atom stereocenters. The third kappa shape index (κ3) is 9.82. The molecule has 1 heterocycles. The van der Waals surface area contributed by atoms with Crippen LogP contribution in [0.25, 0.3) is 11.1 Å². The number of rotatable bonds is 15. The molecule has 0 saturated carbocycles. The number of hydrogen-bond donors (Lipinski definition) is 2. The fourth-order valence-electron chi connectivity index (χ4n) is 6.31. The number of nitrogens with one attached hydrogen (secondary N) is 2. The number of likely N-dealkylation sites (N-methyl/N-ethyl adjacent to an activating group) is 1. The number of nitrogens with zero attached hydrogens (tertiary/aromatic N) is 3. The van der Waals surface area contributed by atoms with Crippen molar-refractivity contribution in [3.05, 3.63) is 120 Å². The number of urea groups is 1. The van der Waals surface area contributed by atoms with E-state index in [1.807, 2.05) is 83.8 Å². The highest BCUT2D eigenvalue weighted by Crippen LogP contribution is 2.26. The Hall–Kier alpha value is -4.95. The van der Waals surface area contributed by atoms with E-state index in [4.69, 9.17) is 0 Å². The zero-order valence-corrected chi connectivity index (χ0v) is 29.7. The smallest absolute Gasteiger partial charge is 0.321 e. The first-order valence-electron chi connectivity index (χ1n) is 18.0. The first kappa shape index (κ1) is 36.3. The Balaban J connectivity index is 1.30. The van der Waals surface area contributed by atoms with Gasteiger partial charge in [0.2, 0.25) is 5.91 Å². The first-order valence-corrected chi connectivity index (χ1v) is 18.0. The van der Waals surface area contributed by atoms with E-state index in [9.17, 15) is 14.4 Å². The van der Waals surface area contributed by atoms with Crippen LogP contribution in [0, 0.1) is 0 Å². The summed E-state index contributed by atoms with van der Waals surface area (Å²) in [7, 11) is 3.87. The molecule has 50 heavy (non-hydrogen) atoms. The number of benzene rings is 4. The topological polar surface area (TPSA) is 85.0 Å². The van der Waals surface area contributed by atoms with Crippen molar-refractivity contribution in [2.24, 2.45) is 0 Å². The van der Waals surface area contributed by atoms with Crippen LogP contribution >= 0.6 is 0 Å².